The van der Waals surface area contributed by atoms with E-state index in [0.29, 0.717) is 19.5 Å². The number of hydrogen-bond acceptors (Lipinski definition) is 5. The smallest absolute Gasteiger partial charge is 0.259 e. The second kappa shape index (κ2) is 9.56. The molecular formula is C22H25N5O. The average molecular weight is 375 g/mol. The number of hydrazone groups is 1. The minimum absolute atomic E-state index is 0.124. The monoisotopic (exact) mass is 375 g/mol. The maximum absolute atomic E-state index is 12.3. The van der Waals surface area contributed by atoms with Gasteiger partial charge in [-0.15, -0.1) is 0 Å². The standard InChI is InChI=1S/C22H25N5O/c1-26(14-5-13-23)20-11-9-18(10-12-20)16-24-25-22(28)17-27-15-4-7-19-6-2-3-8-21(19)27/h2-3,6,8-12,16H,4-5,7,14-15,17H2,1H3,(H,25,28)/b24-16-. The van der Waals surface area contributed by atoms with Gasteiger partial charge in [-0.05, 0) is 42.2 Å². The van der Waals surface area contributed by atoms with E-state index in [-0.39, 0.29) is 5.91 Å². The summed E-state index contributed by atoms with van der Waals surface area (Å²) in [6.45, 7) is 1.88. The summed E-state index contributed by atoms with van der Waals surface area (Å²) in [4.78, 5) is 16.4. The molecule has 1 amide bonds. The van der Waals surface area contributed by atoms with Gasteiger partial charge >= 0.3 is 0 Å². The van der Waals surface area contributed by atoms with Gasteiger partial charge in [0.2, 0.25) is 0 Å². The predicted octanol–water partition coefficient (Wildman–Crippen LogP) is 2.94. The summed E-state index contributed by atoms with van der Waals surface area (Å²) in [6.07, 6.45) is 4.26. The molecule has 144 valence electrons. The number of anilines is 2. The Balaban J connectivity index is 1.51. The van der Waals surface area contributed by atoms with E-state index in [1.54, 1.807) is 6.21 Å². The molecule has 0 spiro atoms. The molecule has 0 bridgehead atoms. The number of amides is 1. The van der Waals surface area contributed by atoms with E-state index in [2.05, 4.69) is 33.6 Å². The lowest BCUT2D eigenvalue weighted by Crippen LogP contribution is -2.38. The minimum Gasteiger partial charge on any atom is -0.374 e. The van der Waals surface area contributed by atoms with E-state index in [1.165, 1.54) is 5.56 Å². The maximum Gasteiger partial charge on any atom is 0.259 e. The topological polar surface area (TPSA) is 71.7 Å². The van der Waals surface area contributed by atoms with Crippen molar-refractivity contribution in [1.82, 2.24) is 5.43 Å². The van der Waals surface area contributed by atoms with Gasteiger partial charge in [0.15, 0.2) is 0 Å². The highest BCUT2D eigenvalue weighted by molar-refractivity contribution is 5.85. The van der Waals surface area contributed by atoms with Crippen molar-refractivity contribution < 1.29 is 4.79 Å². The Bertz CT molecular complexity index is 869. The van der Waals surface area contributed by atoms with Crippen molar-refractivity contribution in [1.29, 1.82) is 5.26 Å². The molecule has 0 saturated heterocycles. The molecule has 0 aliphatic carbocycles. The summed E-state index contributed by atoms with van der Waals surface area (Å²) in [7, 11) is 1.96. The molecule has 0 saturated carbocycles. The fraction of sp³-hybridized carbons (Fsp3) is 0.318. The van der Waals surface area contributed by atoms with Gasteiger partial charge in [0.1, 0.15) is 0 Å². The summed E-state index contributed by atoms with van der Waals surface area (Å²) in [5.41, 5.74) is 7.00. The van der Waals surface area contributed by atoms with E-state index in [1.807, 2.05) is 48.3 Å². The van der Waals surface area contributed by atoms with E-state index in [0.717, 1.165) is 36.3 Å². The first kappa shape index (κ1) is 19.4. The van der Waals surface area contributed by atoms with Crippen molar-refractivity contribution in [3.05, 3.63) is 59.7 Å². The van der Waals surface area contributed by atoms with Crippen LogP contribution in [0, 0.1) is 11.3 Å². The third kappa shape index (κ3) is 5.10. The second-order valence-electron chi connectivity index (χ2n) is 6.87. The van der Waals surface area contributed by atoms with Crippen molar-refractivity contribution in [2.24, 2.45) is 5.10 Å². The molecule has 1 aliphatic rings. The molecule has 6 heteroatoms. The van der Waals surface area contributed by atoms with Crippen LogP contribution >= 0.6 is 0 Å². The number of carbonyl (C=O) groups excluding carboxylic acids is 1. The van der Waals surface area contributed by atoms with Crippen molar-refractivity contribution in [2.75, 3.05) is 36.5 Å². The number of rotatable bonds is 7. The van der Waals surface area contributed by atoms with Crippen molar-refractivity contribution in [2.45, 2.75) is 19.3 Å². The maximum atomic E-state index is 12.3. The van der Waals surface area contributed by atoms with E-state index < -0.39 is 0 Å². The van der Waals surface area contributed by atoms with Crippen LogP contribution in [0.3, 0.4) is 0 Å². The highest BCUT2D eigenvalue weighted by Gasteiger charge is 2.18. The fourth-order valence-electron chi connectivity index (χ4n) is 3.32. The van der Waals surface area contributed by atoms with Gasteiger partial charge < -0.3 is 9.80 Å². The summed E-state index contributed by atoms with van der Waals surface area (Å²) < 4.78 is 0. The zero-order valence-electron chi connectivity index (χ0n) is 16.1. The molecule has 1 aliphatic heterocycles. The molecule has 0 radical (unpaired) electrons. The molecule has 2 aromatic rings. The second-order valence-corrected chi connectivity index (χ2v) is 6.87. The minimum atomic E-state index is -0.124. The Kier molecular flexibility index (Phi) is 6.64. The number of hydrogen-bond donors (Lipinski definition) is 1. The molecule has 0 fully saturated rings. The Labute approximate surface area is 166 Å². The molecule has 3 rings (SSSR count). The fourth-order valence-corrected chi connectivity index (χ4v) is 3.32. The van der Waals surface area contributed by atoms with Crippen LogP contribution in [0.1, 0.15) is 24.0 Å². The predicted molar refractivity (Wildman–Crippen MR) is 113 cm³/mol. The Morgan fingerprint density at radius 3 is 2.86 bits per heavy atom. The van der Waals surface area contributed by atoms with Crippen LogP contribution in [0.15, 0.2) is 53.6 Å². The number of fused-ring (bicyclic) bond motifs is 1. The lowest BCUT2D eigenvalue weighted by molar-refractivity contribution is -0.119. The normalized spacial score (nSPS) is 13.1. The lowest BCUT2D eigenvalue weighted by Gasteiger charge is -2.30. The molecule has 0 atom stereocenters. The highest BCUT2D eigenvalue weighted by Crippen LogP contribution is 2.26. The van der Waals surface area contributed by atoms with Gasteiger partial charge in [-0.25, -0.2) is 5.43 Å². The molecule has 28 heavy (non-hydrogen) atoms. The first-order valence-corrected chi connectivity index (χ1v) is 9.50. The molecule has 0 aromatic heterocycles. The lowest BCUT2D eigenvalue weighted by atomic mass is 10.0. The van der Waals surface area contributed by atoms with Crippen LogP contribution in [0.4, 0.5) is 11.4 Å². The molecule has 0 unspecified atom stereocenters. The number of nitrogens with one attached hydrogen (secondary N) is 1. The van der Waals surface area contributed by atoms with Gasteiger partial charge in [-0.1, -0.05) is 30.3 Å². The Hall–Kier alpha value is -3.33. The van der Waals surface area contributed by atoms with Gasteiger partial charge in [-0.3, -0.25) is 4.79 Å². The number of benzene rings is 2. The SMILES string of the molecule is CN(CCC#N)c1ccc(/C=N\NC(=O)CN2CCCc3ccccc32)cc1. The summed E-state index contributed by atoms with van der Waals surface area (Å²) in [6, 6.07) is 18.2. The molecule has 2 aromatic carbocycles. The zero-order valence-corrected chi connectivity index (χ0v) is 16.1. The summed E-state index contributed by atoms with van der Waals surface area (Å²) in [5.74, 6) is -0.124. The highest BCUT2D eigenvalue weighted by atomic mass is 16.2. The van der Waals surface area contributed by atoms with Crippen LogP contribution in [-0.2, 0) is 11.2 Å². The Morgan fingerprint density at radius 1 is 1.29 bits per heavy atom. The number of aryl methyl sites for hydroxylation is 1. The van der Waals surface area contributed by atoms with Crippen molar-refractivity contribution in [3.8, 4) is 6.07 Å². The van der Waals surface area contributed by atoms with Crippen LogP contribution in [0.2, 0.25) is 0 Å². The summed E-state index contributed by atoms with van der Waals surface area (Å²) in [5, 5.41) is 12.7. The van der Waals surface area contributed by atoms with Crippen LogP contribution in [-0.4, -0.2) is 38.8 Å². The van der Waals surface area contributed by atoms with Gasteiger partial charge in [-0.2, -0.15) is 10.4 Å². The number of carbonyl (C=O) groups is 1. The van der Waals surface area contributed by atoms with Crippen molar-refractivity contribution in [3.63, 3.8) is 0 Å². The molecule has 6 nitrogen and oxygen atoms in total. The van der Waals surface area contributed by atoms with Gasteiger partial charge in [0, 0.05) is 31.5 Å². The number of para-hydroxylation sites is 1. The van der Waals surface area contributed by atoms with E-state index >= 15 is 0 Å². The van der Waals surface area contributed by atoms with Gasteiger partial charge in [0.05, 0.1) is 25.2 Å². The third-order valence-corrected chi connectivity index (χ3v) is 4.84. The largest absolute Gasteiger partial charge is 0.374 e. The van der Waals surface area contributed by atoms with E-state index in [9.17, 15) is 4.79 Å². The Morgan fingerprint density at radius 2 is 2.07 bits per heavy atom. The van der Waals surface area contributed by atoms with Crippen molar-refractivity contribution >= 4 is 23.5 Å². The molecule has 1 heterocycles. The van der Waals surface area contributed by atoms with Crippen LogP contribution < -0.4 is 15.2 Å². The zero-order chi connectivity index (χ0) is 19.8. The quantitative estimate of drug-likeness (QED) is 0.597. The average Bonchev–Trinajstić information content (AvgIpc) is 2.73. The van der Waals surface area contributed by atoms with E-state index in [4.69, 9.17) is 5.26 Å². The number of nitrogens with zero attached hydrogens (tertiary/aromatic N) is 4. The molecular weight excluding hydrogens is 350 g/mol. The third-order valence-electron chi connectivity index (χ3n) is 4.84. The first-order valence-electron chi connectivity index (χ1n) is 9.50. The summed E-state index contributed by atoms with van der Waals surface area (Å²) >= 11 is 0. The first-order chi connectivity index (χ1) is 13.7. The molecule has 1 N–H and O–H groups in total. The van der Waals surface area contributed by atoms with Gasteiger partial charge in [0.25, 0.3) is 5.91 Å². The number of nitriles is 1. The van der Waals surface area contributed by atoms with Crippen LogP contribution in [0.25, 0.3) is 0 Å². The van der Waals surface area contributed by atoms with Crippen LogP contribution in [0.5, 0.6) is 0 Å².